The Morgan fingerprint density at radius 2 is 2.00 bits per heavy atom. The van der Waals surface area contributed by atoms with Crippen LogP contribution in [0.1, 0.15) is 34.9 Å². The van der Waals surface area contributed by atoms with Gasteiger partial charge in [-0.15, -0.1) is 0 Å². The van der Waals surface area contributed by atoms with Crippen molar-refractivity contribution in [3.05, 3.63) is 65.0 Å². The summed E-state index contributed by atoms with van der Waals surface area (Å²) in [6, 6.07) is 12.2. The summed E-state index contributed by atoms with van der Waals surface area (Å²) in [6.45, 7) is 0. The van der Waals surface area contributed by atoms with Gasteiger partial charge in [0, 0.05) is 18.3 Å². The first-order valence-electron chi connectivity index (χ1n) is 6.52. The Balaban J connectivity index is 1.78. The van der Waals surface area contributed by atoms with E-state index in [4.69, 9.17) is 0 Å². The van der Waals surface area contributed by atoms with Gasteiger partial charge in [-0.3, -0.25) is 4.98 Å². The molecule has 2 heteroatoms. The normalized spacial score (nSPS) is 15.4. The molecule has 18 heavy (non-hydrogen) atoms. The predicted molar refractivity (Wildman–Crippen MR) is 71.4 cm³/mol. The molecule has 1 aromatic heterocycles. The van der Waals surface area contributed by atoms with Gasteiger partial charge >= 0.3 is 0 Å². The summed E-state index contributed by atoms with van der Waals surface area (Å²) in [5.74, 6) is 0. The largest absolute Gasteiger partial charge is 0.388 e. The van der Waals surface area contributed by atoms with Crippen LogP contribution in [0.2, 0.25) is 0 Å². The SMILES string of the molecule is OC(Cc1ccccn1)c1ccc2c(c1)CCC2. The van der Waals surface area contributed by atoms with Crippen molar-refractivity contribution in [1.29, 1.82) is 0 Å². The quantitative estimate of drug-likeness (QED) is 0.893. The van der Waals surface area contributed by atoms with Crippen LogP contribution in [0.15, 0.2) is 42.6 Å². The van der Waals surface area contributed by atoms with E-state index in [1.807, 2.05) is 18.2 Å². The zero-order valence-corrected chi connectivity index (χ0v) is 10.3. The second-order valence-electron chi connectivity index (χ2n) is 4.92. The lowest BCUT2D eigenvalue weighted by atomic mass is 10.00. The van der Waals surface area contributed by atoms with E-state index in [1.54, 1.807) is 6.20 Å². The molecule has 0 amide bonds. The average Bonchev–Trinajstić information content (AvgIpc) is 2.87. The van der Waals surface area contributed by atoms with Crippen molar-refractivity contribution in [3.63, 3.8) is 0 Å². The summed E-state index contributed by atoms with van der Waals surface area (Å²) in [6.07, 6.45) is 5.48. The molecule has 1 aliphatic rings. The fraction of sp³-hybridized carbons (Fsp3) is 0.312. The van der Waals surface area contributed by atoms with Gasteiger partial charge in [0.2, 0.25) is 0 Å². The summed E-state index contributed by atoms with van der Waals surface area (Å²) < 4.78 is 0. The fourth-order valence-corrected chi connectivity index (χ4v) is 2.63. The summed E-state index contributed by atoms with van der Waals surface area (Å²) in [5, 5.41) is 10.3. The highest BCUT2D eigenvalue weighted by Gasteiger charge is 2.14. The Bertz CT molecular complexity index is 536. The molecule has 3 rings (SSSR count). The molecule has 0 saturated heterocycles. The summed E-state index contributed by atoms with van der Waals surface area (Å²) >= 11 is 0. The Kier molecular flexibility index (Phi) is 3.11. The van der Waals surface area contributed by atoms with E-state index in [0.29, 0.717) is 6.42 Å². The van der Waals surface area contributed by atoms with Crippen LogP contribution < -0.4 is 0 Å². The van der Waals surface area contributed by atoms with Crippen LogP contribution in [0, 0.1) is 0 Å². The Morgan fingerprint density at radius 1 is 1.11 bits per heavy atom. The van der Waals surface area contributed by atoms with Gasteiger partial charge in [-0.05, 0) is 48.1 Å². The molecule has 1 atom stereocenters. The average molecular weight is 239 g/mol. The van der Waals surface area contributed by atoms with E-state index in [9.17, 15) is 5.11 Å². The Labute approximate surface area is 107 Å². The van der Waals surface area contributed by atoms with Gasteiger partial charge in [-0.1, -0.05) is 24.3 Å². The van der Waals surface area contributed by atoms with Gasteiger partial charge in [0.1, 0.15) is 0 Å². The first-order chi connectivity index (χ1) is 8.83. The molecule has 1 heterocycles. The third-order valence-corrected chi connectivity index (χ3v) is 3.64. The number of hydrogen-bond donors (Lipinski definition) is 1. The Morgan fingerprint density at radius 3 is 2.83 bits per heavy atom. The first-order valence-corrected chi connectivity index (χ1v) is 6.52. The molecule has 0 fully saturated rings. The summed E-state index contributed by atoms with van der Waals surface area (Å²) in [7, 11) is 0. The highest BCUT2D eigenvalue weighted by atomic mass is 16.3. The maximum atomic E-state index is 10.3. The number of hydrogen-bond acceptors (Lipinski definition) is 2. The van der Waals surface area contributed by atoms with Crippen LogP contribution in [0.25, 0.3) is 0 Å². The van der Waals surface area contributed by atoms with Gasteiger partial charge < -0.3 is 5.11 Å². The molecule has 2 aromatic rings. The molecule has 0 bridgehead atoms. The standard InChI is InChI=1S/C16H17NO/c18-16(11-15-6-1-2-9-17-15)14-8-7-12-4-3-5-13(12)10-14/h1-2,6-10,16,18H,3-5,11H2. The zero-order chi connectivity index (χ0) is 12.4. The number of aliphatic hydroxyl groups excluding tert-OH is 1. The van der Waals surface area contributed by atoms with Crippen LogP contribution in [-0.2, 0) is 19.3 Å². The van der Waals surface area contributed by atoms with Crippen LogP contribution in [0.4, 0.5) is 0 Å². The number of fused-ring (bicyclic) bond motifs is 1. The number of aromatic nitrogens is 1. The van der Waals surface area contributed by atoms with E-state index in [0.717, 1.165) is 17.7 Å². The third kappa shape index (κ3) is 2.29. The van der Waals surface area contributed by atoms with Crippen LogP contribution >= 0.6 is 0 Å². The van der Waals surface area contributed by atoms with E-state index < -0.39 is 6.10 Å². The number of aryl methyl sites for hydroxylation is 2. The van der Waals surface area contributed by atoms with Crippen molar-refractivity contribution in [3.8, 4) is 0 Å². The minimum Gasteiger partial charge on any atom is -0.388 e. The van der Waals surface area contributed by atoms with Gasteiger partial charge in [0.15, 0.2) is 0 Å². The molecule has 92 valence electrons. The van der Waals surface area contributed by atoms with Crippen molar-refractivity contribution >= 4 is 0 Å². The predicted octanol–water partition coefficient (Wildman–Crippen LogP) is 2.85. The van der Waals surface area contributed by atoms with Crippen molar-refractivity contribution in [1.82, 2.24) is 4.98 Å². The topological polar surface area (TPSA) is 33.1 Å². The lowest BCUT2D eigenvalue weighted by Crippen LogP contribution is -2.03. The van der Waals surface area contributed by atoms with E-state index >= 15 is 0 Å². The molecule has 0 saturated carbocycles. The summed E-state index contributed by atoms with van der Waals surface area (Å²) in [5.41, 5.74) is 4.81. The molecule has 2 nitrogen and oxygen atoms in total. The van der Waals surface area contributed by atoms with E-state index in [2.05, 4.69) is 23.2 Å². The monoisotopic (exact) mass is 239 g/mol. The molecule has 0 aliphatic heterocycles. The van der Waals surface area contributed by atoms with Gasteiger partial charge in [-0.2, -0.15) is 0 Å². The first kappa shape index (κ1) is 11.4. The second kappa shape index (κ2) is 4.91. The number of pyridine rings is 1. The van der Waals surface area contributed by atoms with Gasteiger partial charge in [-0.25, -0.2) is 0 Å². The smallest absolute Gasteiger partial charge is 0.0845 e. The van der Waals surface area contributed by atoms with Gasteiger partial charge in [0.25, 0.3) is 0 Å². The fourth-order valence-electron chi connectivity index (χ4n) is 2.63. The third-order valence-electron chi connectivity index (χ3n) is 3.64. The van der Waals surface area contributed by atoms with Crippen LogP contribution in [0.5, 0.6) is 0 Å². The Hall–Kier alpha value is -1.67. The molecule has 1 aliphatic carbocycles. The number of aliphatic hydroxyl groups is 1. The molecule has 1 aromatic carbocycles. The lowest BCUT2D eigenvalue weighted by Gasteiger charge is -2.12. The van der Waals surface area contributed by atoms with Crippen molar-refractivity contribution in [2.45, 2.75) is 31.8 Å². The number of benzene rings is 1. The maximum Gasteiger partial charge on any atom is 0.0845 e. The molecule has 0 spiro atoms. The van der Waals surface area contributed by atoms with Gasteiger partial charge in [0.05, 0.1) is 6.10 Å². The number of rotatable bonds is 3. The van der Waals surface area contributed by atoms with Crippen molar-refractivity contribution < 1.29 is 5.11 Å². The molecule has 1 unspecified atom stereocenters. The minimum absolute atomic E-state index is 0.453. The van der Waals surface area contributed by atoms with E-state index in [-0.39, 0.29) is 0 Å². The second-order valence-corrected chi connectivity index (χ2v) is 4.92. The molecular weight excluding hydrogens is 222 g/mol. The maximum absolute atomic E-state index is 10.3. The molecular formula is C16H17NO. The zero-order valence-electron chi connectivity index (χ0n) is 10.3. The number of nitrogens with zero attached hydrogens (tertiary/aromatic N) is 1. The highest BCUT2D eigenvalue weighted by molar-refractivity contribution is 5.36. The molecule has 0 radical (unpaired) electrons. The van der Waals surface area contributed by atoms with Crippen LogP contribution in [-0.4, -0.2) is 10.1 Å². The summed E-state index contributed by atoms with van der Waals surface area (Å²) in [4.78, 5) is 4.26. The highest BCUT2D eigenvalue weighted by Crippen LogP contribution is 2.26. The van der Waals surface area contributed by atoms with Crippen molar-refractivity contribution in [2.24, 2.45) is 0 Å². The van der Waals surface area contributed by atoms with Crippen LogP contribution in [0.3, 0.4) is 0 Å². The van der Waals surface area contributed by atoms with Crippen molar-refractivity contribution in [2.75, 3.05) is 0 Å². The lowest BCUT2D eigenvalue weighted by molar-refractivity contribution is 0.177. The molecule has 1 N–H and O–H groups in total. The minimum atomic E-state index is -0.453. The van der Waals surface area contributed by atoms with E-state index in [1.165, 1.54) is 24.0 Å².